The molecule has 5 rings (SSSR count). The second kappa shape index (κ2) is 7.75. The van der Waals surface area contributed by atoms with Gasteiger partial charge in [0, 0.05) is 36.5 Å². The molecule has 3 aliphatic rings. The molecule has 4 unspecified atom stereocenters. The van der Waals surface area contributed by atoms with Crippen molar-refractivity contribution in [3.63, 3.8) is 0 Å². The number of nitrogens with zero attached hydrogens (tertiary/aromatic N) is 1. The van der Waals surface area contributed by atoms with Gasteiger partial charge in [0.05, 0.1) is 12.3 Å². The van der Waals surface area contributed by atoms with Crippen LogP contribution in [0.4, 0.5) is 5.69 Å². The van der Waals surface area contributed by atoms with E-state index >= 15 is 0 Å². The zero-order valence-corrected chi connectivity index (χ0v) is 18.6. The summed E-state index contributed by atoms with van der Waals surface area (Å²) in [6.45, 7) is 4.91. The second-order valence-electron chi connectivity index (χ2n) is 8.66. The highest BCUT2D eigenvalue weighted by Crippen LogP contribution is 2.62. The highest BCUT2D eigenvalue weighted by Gasteiger charge is 2.74. The van der Waals surface area contributed by atoms with E-state index in [1.807, 2.05) is 12.1 Å². The summed E-state index contributed by atoms with van der Waals surface area (Å²) >= 11 is 0. The van der Waals surface area contributed by atoms with Crippen LogP contribution in [-0.2, 0) is 14.8 Å². The average molecular weight is 458 g/mol. The lowest BCUT2D eigenvalue weighted by Crippen LogP contribution is -2.51. The van der Waals surface area contributed by atoms with Crippen LogP contribution in [0.15, 0.2) is 53.4 Å². The number of hydrogen-bond donors (Lipinski definition) is 3. The Morgan fingerprint density at radius 3 is 2.69 bits per heavy atom. The molecule has 2 aliphatic heterocycles. The van der Waals surface area contributed by atoms with Gasteiger partial charge >= 0.3 is 5.97 Å². The van der Waals surface area contributed by atoms with E-state index in [1.165, 1.54) is 6.07 Å². The summed E-state index contributed by atoms with van der Waals surface area (Å²) in [5, 5.41) is 13.4. The molecule has 1 saturated heterocycles. The Kier molecular flexibility index (Phi) is 5.15. The summed E-state index contributed by atoms with van der Waals surface area (Å²) in [7, 11) is -4.11. The lowest BCUT2D eigenvalue weighted by molar-refractivity contribution is -0.140. The summed E-state index contributed by atoms with van der Waals surface area (Å²) < 4.78 is 35.2. The number of likely N-dealkylation sites (tertiary alicyclic amines) is 1. The molecule has 0 bridgehead atoms. The molecule has 0 aromatic heterocycles. The summed E-state index contributed by atoms with van der Waals surface area (Å²) in [6, 6.07) is 14.2. The third-order valence-corrected chi connectivity index (χ3v) is 8.62. The number of ether oxygens (including phenoxy) is 1. The van der Waals surface area contributed by atoms with Crippen LogP contribution >= 0.6 is 0 Å². The van der Waals surface area contributed by atoms with Gasteiger partial charge in [0.15, 0.2) is 0 Å². The molecule has 0 radical (unpaired) electrons. The molecule has 3 N–H and O–H groups in total. The molecule has 0 amide bonds. The number of aliphatic carboxylic acids is 1. The monoisotopic (exact) mass is 457 g/mol. The van der Waals surface area contributed by atoms with Crippen LogP contribution in [-0.4, -0.2) is 62.2 Å². The number of hydrogen-bond acceptors (Lipinski definition) is 6. The molecular weight excluding hydrogens is 430 g/mol. The van der Waals surface area contributed by atoms with Crippen molar-refractivity contribution in [1.82, 2.24) is 9.62 Å². The zero-order valence-electron chi connectivity index (χ0n) is 17.8. The number of anilines is 1. The van der Waals surface area contributed by atoms with Crippen LogP contribution < -0.4 is 14.8 Å². The first kappa shape index (κ1) is 21.2. The van der Waals surface area contributed by atoms with E-state index in [1.54, 1.807) is 30.3 Å². The van der Waals surface area contributed by atoms with Crippen LogP contribution in [0.5, 0.6) is 5.75 Å². The number of nitrogens with one attached hydrogen (secondary N) is 2. The summed E-state index contributed by atoms with van der Waals surface area (Å²) in [4.78, 5) is 14.8. The summed E-state index contributed by atoms with van der Waals surface area (Å²) in [5.74, 6) is -1.50. The van der Waals surface area contributed by atoms with Crippen molar-refractivity contribution in [1.29, 1.82) is 0 Å². The SMILES string of the molecule is CCN1CCC1CNc1ccccc1S(=O)(=O)NC1(C(=O)O)C2COc3ccccc3C21. The van der Waals surface area contributed by atoms with Crippen molar-refractivity contribution in [2.45, 2.75) is 35.7 Å². The Morgan fingerprint density at radius 2 is 1.97 bits per heavy atom. The molecule has 2 aromatic rings. The molecule has 2 heterocycles. The van der Waals surface area contributed by atoms with Crippen molar-refractivity contribution >= 4 is 21.7 Å². The van der Waals surface area contributed by atoms with Crippen LogP contribution in [0.1, 0.15) is 24.8 Å². The van der Waals surface area contributed by atoms with E-state index in [2.05, 4.69) is 21.9 Å². The summed E-state index contributed by atoms with van der Waals surface area (Å²) in [5.41, 5.74) is -0.417. The Labute approximate surface area is 187 Å². The Bertz CT molecular complexity index is 1150. The minimum absolute atomic E-state index is 0.0563. The van der Waals surface area contributed by atoms with Gasteiger partial charge in [0.1, 0.15) is 16.2 Å². The fourth-order valence-corrected chi connectivity index (χ4v) is 6.77. The smallest absolute Gasteiger partial charge is 0.326 e. The molecule has 32 heavy (non-hydrogen) atoms. The Hall–Kier alpha value is -2.62. The molecule has 1 aliphatic carbocycles. The molecule has 0 spiro atoms. The number of carboxylic acids is 1. The molecule has 1 saturated carbocycles. The minimum atomic E-state index is -4.11. The van der Waals surface area contributed by atoms with Gasteiger partial charge in [-0.15, -0.1) is 0 Å². The Balaban J connectivity index is 1.42. The van der Waals surface area contributed by atoms with Crippen molar-refractivity contribution in [3.05, 3.63) is 54.1 Å². The van der Waals surface area contributed by atoms with Gasteiger partial charge in [-0.1, -0.05) is 37.3 Å². The molecule has 8 nitrogen and oxygen atoms in total. The average Bonchev–Trinajstić information content (AvgIpc) is 3.42. The van der Waals surface area contributed by atoms with E-state index in [-0.39, 0.29) is 11.5 Å². The number of carboxylic acid groups (broad SMARTS) is 1. The third kappa shape index (κ3) is 3.27. The van der Waals surface area contributed by atoms with Crippen LogP contribution in [0, 0.1) is 5.92 Å². The van der Waals surface area contributed by atoms with Gasteiger partial charge in [-0.3, -0.25) is 9.69 Å². The number of likely N-dealkylation sites (N-methyl/N-ethyl adjacent to an activating group) is 1. The normalized spacial score (nSPS) is 28.6. The standard InChI is InChI=1S/C23H27N3O5S/c1-2-26-12-11-15(26)13-24-18-8-4-6-10-20(18)32(29,30)25-23(22(27)28)17-14-31-19-9-5-3-7-16(19)21(17)23/h3-10,15,17,21,24-25H,2,11-14H2,1H3,(H,27,28). The first-order valence-corrected chi connectivity index (χ1v) is 12.4. The zero-order chi connectivity index (χ0) is 22.5. The fraction of sp³-hybridized carbons (Fsp3) is 0.435. The van der Waals surface area contributed by atoms with Crippen molar-refractivity contribution in [2.75, 3.05) is 31.6 Å². The first-order valence-electron chi connectivity index (χ1n) is 10.9. The van der Waals surface area contributed by atoms with Crippen molar-refractivity contribution in [3.8, 4) is 5.75 Å². The van der Waals surface area contributed by atoms with Crippen LogP contribution in [0.3, 0.4) is 0 Å². The lowest BCUT2D eigenvalue weighted by atomic mass is 10.0. The molecule has 2 fully saturated rings. The van der Waals surface area contributed by atoms with Crippen LogP contribution in [0.25, 0.3) is 0 Å². The maximum atomic E-state index is 13.5. The van der Waals surface area contributed by atoms with Gasteiger partial charge in [0.2, 0.25) is 10.0 Å². The number of sulfonamides is 1. The predicted molar refractivity (Wildman–Crippen MR) is 119 cm³/mol. The lowest BCUT2D eigenvalue weighted by Gasteiger charge is -2.40. The topological polar surface area (TPSA) is 108 Å². The fourth-order valence-electron chi connectivity index (χ4n) is 5.17. The quantitative estimate of drug-likeness (QED) is 0.557. The molecule has 2 aromatic carbocycles. The van der Waals surface area contributed by atoms with Gasteiger partial charge in [-0.05, 0) is 31.2 Å². The van der Waals surface area contributed by atoms with Crippen molar-refractivity contribution in [2.24, 2.45) is 5.92 Å². The number of rotatable bonds is 8. The number of carbonyl (C=O) groups is 1. The van der Waals surface area contributed by atoms with E-state index in [9.17, 15) is 18.3 Å². The number of para-hydroxylation sites is 2. The van der Waals surface area contributed by atoms with Gasteiger partial charge in [-0.2, -0.15) is 4.72 Å². The van der Waals surface area contributed by atoms with Gasteiger partial charge < -0.3 is 15.2 Å². The molecular formula is C23H27N3O5S. The highest BCUT2D eigenvalue weighted by atomic mass is 32.2. The summed E-state index contributed by atoms with van der Waals surface area (Å²) in [6.07, 6.45) is 1.07. The maximum absolute atomic E-state index is 13.5. The molecule has 9 heteroatoms. The number of benzene rings is 2. The number of fused-ring (bicyclic) bond motifs is 3. The second-order valence-corrected chi connectivity index (χ2v) is 10.3. The van der Waals surface area contributed by atoms with Crippen molar-refractivity contribution < 1.29 is 23.1 Å². The molecule has 170 valence electrons. The third-order valence-electron chi connectivity index (χ3n) is 7.08. The molecule has 4 atom stereocenters. The predicted octanol–water partition coefficient (Wildman–Crippen LogP) is 2.10. The minimum Gasteiger partial charge on any atom is -0.493 e. The first-order chi connectivity index (χ1) is 15.4. The van der Waals surface area contributed by atoms with E-state index in [0.717, 1.165) is 25.1 Å². The largest absolute Gasteiger partial charge is 0.493 e. The van der Waals surface area contributed by atoms with Gasteiger partial charge in [-0.25, -0.2) is 8.42 Å². The van der Waals surface area contributed by atoms with Crippen LogP contribution in [0.2, 0.25) is 0 Å². The maximum Gasteiger partial charge on any atom is 0.326 e. The van der Waals surface area contributed by atoms with E-state index in [4.69, 9.17) is 4.74 Å². The van der Waals surface area contributed by atoms with E-state index < -0.39 is 33.4 Å². The highest BCUT2D eigenvalue weighted by molar-refractivity contribution is 7.89. The van der Waals surface area contributed by atoms with Gasteiger partial charge in [0.25, 0.3) is 0 Å². The Morgan fingerprint density at radius 1 is 1.22 bits per heavy atom. The van der Waals surface area contributed by atoms with E-state index in [0.29, 0.717) is 24.0 Å².